The Morgan fingerprint density at radius 3 is 3.09 bits per heavy atom. The van der Waals surface area contributed by atoms with Crippen molar-refractivity contribution >= 4 is 11.6 Å². The molecule has 0 aliphatic heterocycles. The molecule has 0 aromatic carbocycles. The van der Waals surface area contributed by atoms with Crippen molar-refractivity contribution in [1.29, 1.82) is 0 Å². The summed E-state index contributed by atoms with van der Waals surface area (Å²) in [6.45, 7) is 3.59. The van der Waals surface area contributed by atoms with Crippen LogP contribution in [0.15, 0.2) is 23.8 Å². The molecule has 11 heavy (non-hydrogen) atoms. The van der Waals surface area contributed by atoms with Crippen LogP contribution in [0.5, 0.6) is 0 Å². The van der Waals surface area contributed by atoms with Crippen LogP contribution < -0.4 is 0 Å². The van der Waals surface area contributed by atoms with E-state index in [0.29, 0.717) is 11.5 Å². The van der Waals surface area contributed by atoms with Crippen LogP contribution in [0, 0.1) is 0 Å². The highest BCUT2D eigenvalue weighted by Gasteiger charge is 2.30. The normalized spacial score (nSPS) is 31.3. The molecule has 0 bridgehead atoms. The van der Waals surface area contributed by atoms with E-state index in [-0.39, 0.29) is 0 Å². The van der Waals surface area contributed by atoms with Crippen LogP contribution in [0.4, 0.5) is 0 Å². The zero-order valence-electron chi connectivity index (χ0n) is 6.52. The summed E-state index contributed by atoms with van der Waals surface area (Å²) in [6.07, 6.45) is 6.92. The number of aliphatic hydroxyl groups is 1. The number of hydrogen-bond acceptors (Lipinski definition) is 1. The summed E-state index contributed by atoms with van der Waals surface area (Å²) in [5.41, 5.74) is -0.804. The summed E-state index contributed by atoms with van der Waals surface area (Å²) >= 11 is 5.87. The topological polar surface area (TPSA) is 20.2 Å². The number of hydrogen-bond donors (Lipinski definition) is 1. The van der Waals surface area contributed by atoms with E-state index in [4.69, 9.17) is 11.6 Å². The lowest BCUT2D eigenvalue weighted by molar-refractivity contribution is 0.0729. The fourth-order valence-electron chi connectivity index (χ4n) is 1.37. The lowest BCUT2D eigenvalue weighted by atomic mass is 9.88. The standard InChI is InChI=1S/C9H13ClO/c1-2-6-9(11)7-4-3-5-8(9)10/h2,5,11H,1,3-4,6-7H2. The smallest absolute Gasteiger partial charge is 0.103 e. The summed E-state index contributed by atoms with van der Waals surface area (Å²) < 4.78 is 0. The molecule has 0 heterocycles. The average molecular weight is 173 g/mol. The molecule has 0 aromatic heterocycles. The zero-order chi connectivity index (χ0) is 8.32. The van der Waals surface area contributed by atoms with Crippen LogP contribution in [0.2, 0.25) is 0 Å². The number of halogens is 1. The molecule has 62 valence electrons. The summed E-state index contributed by atoms with van der Waals surface area (Å²) in [5.74, 6) is 0. The minimum atomic E-state index is -0.804. The Hall–Kier alpha value is -0.270. The molecule has 0 saturated heterocycles. The Kier molecular flexibility index (Phi) is 2.74. The summed E-state index contributed by atoms with van der Waals surface area (Å²) in [7, 11) is 0. The van der Waals surface area contributed by atoms with Gasteiger partial charge in [-0.2, -0.15) is 0 Å². The predicted molar refractivity (Wildman–Crippen MR) is 47.6 cm³/mol. The van der Waals surface area contributed by atoms with Crippen molar-refractivity contribution in [1.82, 2.24) is 0 Å². The van der Waals surface area contributed by atoms with E-state index in [1.165, 1.54) is 0 Å². The summed E-state index contributed by atoms with van der Waals surface area (Å²) in [6, 6.07) is 0. The maximum Gasteiger partial charge on any atom is 0.103 e. The van der Waals surface area contributed by atoms with E-state index in [1.54, 1.807) is 6.08 Å². The highest BCUT2D eigenvalue weighted by atomic mass is 35.5. The van der Waals surface area contributed by atoms with E-state index in [9.17, 15) is 5.11 Å². The first kappa shape index (κ1) is 8.82. The Balaban J connectivity index is 2.73. The second-order valence-electron chi connectivity index (χ2n) is 2.97. The third kappa shape index (κ3) is 1.85. The molecule has 0 fully saturated rings. The van der Waals surface area contributed by atoms with Gasteiger partial charge in [0, 0.05) is 5.03 Å². The van der Waals surface area contributed by atoms with Gasteiger partial charge < -0.3 is 5.11 Å². The van der Waals surface area contributed by atoms with Gasteiger partial charge in [0.25, 0.3) is 0 Å². The van der Waals surface area contributed by atoms with Gasteiger partial charge in [0.15, 0.2) is 0 Å². The molecular formula is C9H13ClO. The van der Waals surface area contributed by atoms with Crippen molar-refractivity contribution in [3.05, 3.63) is 23.8 Å². The molecule has 1 aliphatic carbocycles. The Morgan fingerprint density at radius 1 is 1.82 bits per heavy atom. The van der Waals surface area contributed by atoms with Gasteiger partial charge in [-0.05, 0) is 25.7 Å². The van der Waals surface area contributed by atoms with Crippen LogP contribution >= 0.6 is 11.6 Å². The molecule has 0 radical (unpaired) electrons. The molecule has 0 amide bonds. The van der Waals surface area contributed by atoms with Gasteiger partial charge in [-0.15, -0.1) is 6.58 Å². The minimum absolute atomic E-state index is 0.558. The average Bonchev–Trinajstić information content (AvgIpc) is 1.96. The van der Waals surface area contributed by atoms with Gasteiger partial charge >= 0.3 is 0 Å². The van der Waals surface area contributed by atoms with Crippen molar-refractivity contribution < 1.29 is 5.11 Å². The minimum Gasteiger partial charge on any atom is -0.384 e. The van der Waals surface area contributed by atoms with Crippen LogP contribution in [0.25, 0.3) is 0 Å². The van der Waals surface area contributed by atoms with Gasteiger partial charge in [0.1, 0.15) is 5.60 Å². The van der Waals surface area contributed by atoms with Gasteiger partial charge in [0.2, 0.25) is 0 Å². The fourth-order valence-corrected chi connectivity index (χ4v) is 1.65. The van der Waals surface area contributed by atoms with E-state index in [0.717, 1.165) is 19.3 Å². The van der Waals surface area contributed by atoms with Crippen molar-refractivity contribution in [3.63, 3.8) is 0 Å². The number of rotatable bonds is 2. The quantitative estimate of drug-likeness (QED) is 0.635. The maximum atomic E-state index is 9.87. The second kappa shape index (κ2) is 3.42. The molecule has 1 nitrogen and oxygen atoms in total. The molecular weight excluding hydrogens is 160 g/mol. The van der Waals surface area contributed by atoms with E-state index in [1.807, 2.05) is 6.08 Å². The molecule has 0 aromatic rings. The fraction of sp³-hybridized carbons (Fsp3) is 0.556. The molecule has 1 unspecified atom stereocenters. The Bertz CT molecular complexity index is 186. The van der Waals surface area contributed by atoms with Crippen molar-refractivity contribution in [3.8, 4) is 0 Å². The molecule has 1 aliphatic rings. The van der Waals surface area contributed by atoms with E-state index >= 15 is 0 Å². The molecule has 1 atom stereocenters. The van der Waals surface area contributed by atoms with Crippen molar-refractivity contribution in [2.75, 3.05) is 0 Å². The predicted octanol–water partition coefficient (Wildman–Crippen LogP) is 2.60. The van der Waals surface area contributed by atoms with Gasteiger partial charge in [-0.25, -0.2) is 0 Å². The molecule has 1 N–H and O–H groups in total. The lowest BCUT2D eigenvalue weighted by Crippen LogP contribution is -2.30. The van der Waals surface area contributed by atoms with Crippen LogP contribution in [0.3, 0.4) is 0 Å². The first-order valence-electron chi connectivity index (χ1n) is 3.88. The molecule has 0 spiro atoms. The second-order valence-corrected chi connectivity index (χ2v) is 3.38. The van der Waals surface area contributed by atoms with Crippen molar-refractivity contribution in [2.45, 2.75) is 31.3 Å². The third-order valence-corrected chi connectivity index (χ3v) is 2.55. The monoisotopic (exact) mass is 172 g/mol. The maximum absolute atomic E-state index is 9.87. The molecule has 0 saturated carbocycles. The van der Waals surface area contributed by atoms with Gasteiger partial charge in [-0.1, -0.05) is 23.8 Å². The first-order chi connectivity index (χ1) is 5.19. The third-order valence-electron chi connectivity index (χ3n) is 2.04. The van der Waals surface area contributed by atoms with Crippen LogP contribution in [-0.4, -0.2) is 10.7 Å². The Labute approximate surface area is 72.4 Å². The SMILES string of the molecule is C=CCC1(O)CCCC=C1Cl. The lowest BCUT2D eigenvalue weighted by Gasteiger charge is -2.29. The zero-order valence-corrected chi connectivity index (χ0v) is 7.27. The molecule has 1 rings (SSSR count). The highest BCUT2D eigenvalue weighted by molar-refractivity contribution is 6.30. The van der Waals surface area contributed by atoms with Crippen LogP contribution in [-0.2, 0) is 0 Å². The number of allylic oxidation sites excluding steroid dienone is 1. The largest absolute Gasteiger partial charge is 0.384 e. The Morgan fingerprint density at radius 2 is 2.55 bits per heavy atom. The van der Waals surface area contributed by atoms with Crippen LogP contribution in [0.1, 0.15) is 25.7 Å². The van der Waals surface area contributed by atoms with E-state index in [2.05, 4.69) is 6.58 Å². The van der Waals surface area contributed by atoms with Crippen molar-refractivity contribution in [2.24, 2.45) is 0 Å². The summed E-state index contributed by atoms with van der Waals surface area (Å²) in [5, 5.41) is 10.5. The van der Waals surface area contributed by atoms with Gasteiger partial charge in [-0.3, -0.25) is 0 Å². The van der Waals surface area contributed by atoms with Gasteiger partial charge in [0.05, 0.1) is 0 Å². The molecule has 2 heteroatoms. The van der Waals surface area contributed by atoms with E-state index < -0.39 is 5.60 Å². The summed E-state index contributed by atoms with van der Waals surface area (Å²) in [4.78, 5) is 0. The highest BCUT2D eigenvalue weighted by Crippen LogP contribution is 2.34. The first-order valence-corrected chi connectivity index (χ1v) is 4.26.